The smallest absolute Gasteiger partial charge is 0.261 e. The first-order chi connectivity index (χ1) is 18.2. The molecule has 0 saturated heterocycles. The summed E-state index contributed by atoms with van der Waals surface area (Å²) in [5.41, 5.74) is 6.02. The van der Waals surface area contributed by atoms with E-state index >= 15 is 0 Å². The van der Waals surface area contributed by atoms with Crippen LogP contribution in [0, 0.1) is 0 Å². The summed E-state index contributed by atoms with van der Waals surface area (Å²) in [6.07, 6.45) is 2.63. The summed E-state index contributed by atoms with van der Waals surface area (Å²) in [7, 11) is 0. The van der Waals surface area contributed by atoms with Gasteiger partial charge in [0.25, 0.3) is 5.91 Å². The van der Waals surface area contributed by atoms with E-state index in [9.17, 15) is 4.79 Å². The van der Waals surface area contributed by atoms with Crippen molar-refractivity contribution in [2.75, 3.05) is 4.90 Å². The molecule has 6 aromatic rings. The van der Waals surface area contributed by atoms with Gasteiger partial charge in [0, 0.05) is 17.1 Å². The fourth-order valence-corrected chi connectivity index (χ4v) is 5.54. The number of anilines is 1. The van der Waals surface area contributed by atoms with Gasteiger partial charge in [0.1, 0.15) is 0 Å². The first-order valence-electron chi connectivity index (χ1n) is 12.3. The van der Waals surface area contributed by atoms with E-state index in [1.807, 2.05) is 78.9 Å². The van der Waals surface area contributed by atoms with Crippen molar-refractivity contribution in [3.05, 3.63) is 120 Å². The highest BCUT2D eigenvalue weighted by Crippen LogP contribution is 2.34. The molecule has 6 heteroatoms. The molecule has 1 amide bonds. The third kappa shape index (κ3) is 4.47. The second-order valence-corrected chi connectivity index (χ2v) is 9.77. The van der Waals surface area contributed by atoms with Crippen LogP contribution in [0.3, 0.4) is 0 Å². The molecule has 0 unspecified atom stereocenters. The molecule has 0 N–H and O–H groups in total. The molecular weight excluding hydrogens is 476 g/mol. The Balaban J connectivity index is 1.53. The first-order valence-corrected chi connectivity index (χ1v) is 13.1. The monoisotopic (exact) mass is 500 g/mol. The van der Waals surface area contributed by atoms with E-state index in [2.05, 4.69) is 30.1 Å². The molecule has 0 radical (unpaired) electrons. The van der Waals surface area contributed by atoms with Gasteiger partial charge in [-0.25, -0.2) is 9.97 Å². The molecule has 5 nitrogen and oxygen atoms in total. The maximum absolute atomic E-state index is 14.4. The third-order valence-corrected chi connectivity index (χ3v) is 7.45. The van der Waals surface area contributed by atoms with E-state index in [-0.39, 0.29) is 5.91 Å². The normalized spacial score (nSPS) is 11.2. The van der Waals surface area contributed by atoms with Gasteiger partial charge in [-0.05, 0) is 42.3 Å². The molecular formula is C31H24N4OS. The van der Waals surface area contributed by atoms with Gasteiger partial charge in [-0.1, -0.05) is 85.0 Å². The zero-order valence-corrected chi connectivity index (χ0v) is 21.2. The number of amides is 1. The van der Waals surface area contributed by atoms with Crippen LogP contribution in [0.2, 0.25) is 0 Å². The minimum Gasteiger partial charge on any atom is -0.278 e. The van der Waals surface area contributed by atoms with E-state index < -0.39 is 0 Å². The molecule has 0 fully saturated rings. The number of rotatable bonds is 6. The number of nitrogens with zero attached hydrogens (tertiary/aromatic N) is 4. The Bertz CT molecular complexity index is 1710. The maximum Gasteiger partial charge on any atom is 0.261 e. The van der Waals surface area contributed by atoms with Crippen LogP contribution >= 0.6 is 11.3 Å². The van der Waals surface area contributed by atoms with Crippen molar-refractivity contribution in [1.29, 1.82) is 0 Å². The molecule has 0 atom stereocenters. The van der Waals surface area contributed by atoms with Crippen molar-refractivity contribution in [1.82, 2.24) is 15.0 Å². The van der Waals surface area contributed by atoms with Gasteiger partial charge in [0.2, 0.25) is 0 Å². The van der Waals surface area contributed by atoms with Gasteiger partial charge in [-0.2, -0.15) is 0 Å². The zero-order valence-electron chi connectivity index (χ0n) is 20.3. The molecule has 180 valence electrons. The lowest BCUT2D eigenvalue weighted by molar-refractivity contribution is 0.0986. The number of pyridine rings is 2. The summed E-state index contributed by atoms with van der Waals surface area (Å²) in [5, 5.41) is 1.47. The molecule has 6 rings (SSSR count). The average Bonchev–Trinajstić information content (AvgIpc) is 3.40. The van der Waals surface area contributed by atoms with Gasteiger partial charge in [-0.3, -0.25) is 14.7 Å². The Morgan fingerprint density at radius 1 is 0.865 bits per heavy atom. The number of carbonyl (C=O) groups is 1. The largest absolute Gasteiger partial charge is 0.278 e. The zero-order chi connectivity index (χ0) is 25.2. The van der Waals surface area contributed by atoms with Gasteiger partial charge >= 0.3 is 0 Å². The number of fused-ring (bicyclic) bond motifs is 2. The topological polar surface area (TPSA) is 59.0 Å². The Morgan fingerprint density at radius 3 is 2.49 bits per heavy atom. The summed E-state index contributed by atoms with van der Waals surface area (Å²) in [4.78, 5) is 30.5. The molecule has 0 aliphatic carbocycles. The molecule has 3 aromatic heterocycles. The van der Waals surface area contributed by atoms with Crippen LogP contribution in [0.5, 0.6) is 0 Å². The highest BCUT2D eigenvalue weighted by atomic mass is 32.1. The number of thiazole rings is 1. The van der Waals surface area contributed by atoms with Crippen LogP contribution in [0.15, 0.2) is 103 Å². The second-order valence-electron chi connectivity index (χ2n) is 8.76. The van der Waals surface area contributed by atoms with Crippen molar-refractivity contribution < 1.29 is 4.79 Å². The molecule has 3 aromatic carbocycles. The Labute approximate surface area is 219 Å². The molecule has 0 spiro atoms. The van der Waals surface area contributed by atoms with Crippen molar-refractivity contribution in [3.8, 4) is 11.3 Å². The summed E-state index contributed by atoms with van der Waals surface area (Å²) >= 11 is 1.53. The predicted octanol–water partition coefficient (Wildman–Crippen LogP) is 7.32. The molecule has 0 aliphatic heterocycles. The molecule has 0 aliphatic rings. The third-order valence-electron chi connectivity index (χ3n) is 6.41. The van der Waals surface area contributed by atoms with Crippen LogP contribution in [0.1, 0.15) is 28.5 Å². The summed E-state index contributed by atoms with van der Waals surface area (Å²) in [6.45, 7) is 2.44. The highest BCUT2D eigenvalue weighted by molar-refractivity contribution is 7.22. The summed E-state index contributed by atoms with van der Waals surface area (Å²) in [5.74, 6) is -0.126. The van der Waals surface area contributed by atoms with Crippen LogP contribution in [0.4, 0.5) is 5.13 Å². The molecule has 0 saturated carbocycles. The Hall–Kier alpha value is -4.42. The van der Waals surface area contributed by atoms with E-state index in [4.69, 9.17) is 9.97 Å². The van der Waals surface area contributed by atoms with Crippen LogP contribution in [0.25, 0.3) is 32.4 Å². The lowest BCUT2D eigenvalue weighted by Crippen LogP contribution is -2.31. The Morgan fingerprint density at radius 2 is 1.68 bits per heavy atom. The Kier molecular flexibility index (Phi) is 6.16. The minimum absolute atomic E-state index is 0.126. The number of hydrogen-bond acceptors (Lipinski definition) is 5. The SMILES string of the molecule is CCc1cccc2sc(N(Cc3ccccn3)C(=O)c3cc(-c4ccccc4)nc4ccccc34)nc12. The maximum atomic E-state index is 14.4. The van der Waals surface area contributed by atoms with Crippen LogP contribution in [-0.2, 0) is 13.0 Å². The number of aromatic nitrogens is 3. The van der Waals surface area contributed by atoms with Crippen molar-refractivity contribution >= 4 is 43.5 Å². The number of aryl methyl sites for hydroxylation is 1. The quantitative estimate of drug-likeness (QED) is 0.240. The molecule has 37 heavy (non-hydrogen) atoms. The fourth-order valence-electron chi connectivity index (χ4n) is 4.53. The summed E-state index contributed by atoms with van der Waals surface area (Å²) < 4.78 is 1.07. The first kappa shape index (κ1) is 23.0. The number of para-hydroxylation sites is 2. The van der Waals surface area contributed by atoms with E-state index in [0.29, 0.717) is 17.2 Å². The van der Waals surface area contributed by atoms with E-state index in [0.717, 1.165) is 44.5 Å². The standard InChI is InChI=1S/C31H24N4OS/c1-2-21-13-10-17-28-29(21)34-31(37-28)35(20-23-14-8-9-18-32-23)30(36)25-19-27(22-11-4-3-5-12-22)33-26-16-7-6-15-24(25)26/h3-19H,2,20H2,1H3. The van der Waals surface area contributed by atoms with Crippen molar-refractivity contribution in [2.24, 2.45) is 0 Å². The summed E-state index contributed by atoms with van der Waals surface area (Å²) in [6, 6.07) is 31.6. The van der Waals surface area contributed by atoms with Crippen LogP contribution < -0.4 is 4.90 Å². The molecule has 3 heterocycles. The van der Waals surface area contributed by atoms with Gasteiger partial charge in [0.15, 0.2) is 5.13 Å². The molecule has 0 bridgehead atoms. The average molecular weight is 501 g/mol. The lowest BCUT2D eigenvalue weighted by Gasteiger charge is -2.21. The minimum atomic E-state index is -0.126. The van der Waals surface area contributed by atoms with Crippen molar-refractivity contribution in [3.63, 3.8) is 0 Å². The number of carbonyl (C=O) groups excluding carboxylic acids is 1. The second kappa shape index (κ2) is 9.91. The van der Waals surface area contributed by atoms with Crippen molar-refractivity contribution in [2.45, 2.75) is 19.9 Å². The van der Waals surface area contributed by atoms with Crippen LogP contribution in [-0.4, -0.2) is 20.9 Å². The fraction of sp³-hybridized carbons (Fsp3) is 0.0968. The van der Waals surface area contributed by atoms with E-state index in [1.54, 1.807) is 11.1 Å². The van der Waals surface area contributed by atoms with Gasteiger partial charge < -0.3 is 0 Å². The number of hydrogen-bond donors (Lipinski definition) is 0. The lowest BCUT2D eigenvalue weighted by atomic mass is 10.0. The highest BCUT2D eigenvalue weighted by Gasteiger charge is 2.25. The van der Waals surface area contributed by atoms with Gasteiger partial charge in [0.05, 0.1) is 39.2 Å². The predicted molar refractivity (Wildman–Crippen MR) is 151 cm³/mol. The van der Waals surface area contributed by atoms with Gasteiger partial charge in [-0.15, -0.1) is 0 Å². The van der Waals surface area contributed by atoms with E-state index in [1.165, 1.54) is 16.9 Å². The number of benzene rings is 3.